The van der Waals surface area contributed by atoms with Crippen molar-refractivity contribution >= 4 is 5.97 Å². The Hall–Kier alpha value is -1.05. The molecule has 1 rings (SSSR count). The lowest BCUT2D eigenvalue weighted by atomic mass is 9.88. The molecular weight excluding hydrogens is 200 g/mol. The summed E-state index contributed by atoms with van der Waals surface area (Å²) in [6, 6.07) is 0. The Morgan fingerprint density at radius 1 is 1.56 bits per heavy atom. The maximum absolute atomic E-state index is 11.3. The van der Waals surface area contributed by atoms with Gasteiger partial charge in [0.25, 0.3) is 0 Å². The summed E-state index contributed by atoms with van der Waals surface area (Å²) in [6.07, 6.45) is 9.62. The zero-order chi connectivity index (χ0) is 12.0. The molecule has 2 heteroatoms. The number of rotatable bonds is 4. The highest BCUT2D eigenvalue weighted by atomic mass is 16.5. The van der Waals surface area contributed by atoms with E-state index in [-0.39, 0.29) is 11.9 Å². The van der Waals surface area contributed by atoms with E-state index in [4.69, 9.17) is 4.74 Å². The Labute approximate surface area is 98.4 Å². The van der Waals surface area contributed by atoms with Crippen LogP contribution in [0, 0.1) is 5.92 Å². The molecule has 1 aliphatic rings. The lowest BCUT2D eigenvalue weighted by molar-refractivity contribution is -0.145. The molecule has 0 spiro atoms. The molecule has 0 saturated carbocycles. The second-order valence-corrected chi connectivity index (χ2v) is 4.68. The van der Waals surface area contributed by atoms with E-state index in [1.807, 2.05) is 0 Å². The molecule has 90 valence electrons. The van der Waals surface area contributed by atoms with Crippen LogP contribution in [0.5, 0.6) is 0 Å². The highest BCUT2D eigenvalue weighted by Crippen LogP contribution is 2.27. The Morgan fingerprint density at radius 2 is 2.31 bits per heavy atom. The fourth-order valence-electron chi connectivity index (χ4n) is 2.04. The van der Waals surface area contributed by atoms with Crippen LogP contribution >= 0.6 is 0 Å². The van der Waals surface area contributed by atoms with Crippen molar-refractivity contribution in [3.05, 3.63) is 23.3 Å². The molecule has 1 atom stereocenters. The Morgan fingerprint density at radius 3 is 2.81 bits per heavy atom. The first kappa shape index (κ1) is 13.0. The van der Waals surface area contributed by atoms with Crippen LogP contribution in [0.4, 0.5) is 0 Å². The van der Waals surface area contributed by atoms with E-state index >= 15 is 0 Å². The van der Waals surface area contributed by atoms with Gasteiger partial charge in [-0.05, 0) is 46.0 Å². The summed E-state index contributed by atoms with van der Waals surface area (Å²) in [4.78, 5) is 11.3. The summed E-state index contributed by atoms with van der Waals surface area (Å²) >= 11 is 0. The molecule has 0 saturated heterocycles. The summed E-state index contributed by atoms with van der Waals surface area (Å²) in [5.74, 6) is 0.0387. The molecule has 1 unspecified atom stereocenters. The van der Waals surface area contributed by atoms with Crippen LogP contribution in [0.3, 0.4) is 0 Å². The first-order valence-corrected chi connectivity index (χ1v) is 6.02. The summed E-state index contributed by atoms with van der Waals surface area (Å²) < 4.78 is 4.76. The smallest absolute Gasteiger partial charge is 0.308 e. The number of hydrogen-bond acceptors (Lipinski definition) is 2. The van der Waals surface area contributed by atoms with Gasteiger partial charge >= 0.3 is 5.97 Å². The van der Waals surface area contributed by atoms with Gasteiger partial charge in [0.05, 0.1) is 13.0 Å². The van der Waals surface area contributed by atoms with Gasteiger partial charge in [0, 0.05) is 0 Å². The average Bonchev–Trinajstić information content (AvgIpc) is 2.28. The maximum atomic E-state index is 11.3. The fraction of sp³-hybridized carbons (Fsp3) is 0.643. The Bertz CT molecular complexity index is 296. The van der Waals surface area contributed by atoms with Crippen molar-refractivity contribution < 1.29 is 9.53 Å². The molecule has 0 amide bonds. The summed E-state index contributed by atoms with van der Waals surface area (Å²) in [5, 5.41) is 0. The highest BCUT2D eigenvalue weighted by molar-refractivity contribution is 5.72. The van der Waals surface area contributed by atoms with Gasteiger partial charge in [0.1, 0.15) is 0 Å². The summed E-state index contributed by atoms with van der Waals surface area (Å²) in [5.41, 5.74) is 2.88. The van der Waals surface area contributed by atoms with E-state index in [2.05, 4.69) is 26.0 Å². The number of esters is 1. The van der Waals surface area contributed by atoms with E-state index in [1.54, 1.807) is 0 Å². The van der Waals surface area contributed by atoms with Crippen LogP contribution in [-0.4, -0.2) is 13.1 Å². The van der Waals surface area contributed by atoms with Crippen molar-refractivity contribution in [1.82, 2.24) is 0 Å². The Kier molecular flexibility index (Phi) is 5.30. The zero-order valence-corrected chi connectivity index (χ0v) is 10.6. The minimum Gasteiger partial charge on any atom is -0.469 e. The van der Waals surface area contributed by atoms with Crippen molar-refractivity contribution in [2.45, 2.75) is 46.0 Å². The third kappa shape index (κ3) is 4.21. The van der Waals surface area contributed by atoms with Gasteiger partial charge in [-0.25, -0.2) is 0 Å². The molecule has 0 heterocycles. The van der Waals surface area contributed by atoms with E-state index < -0.39 is 0 Å². The van der Waals surface area contributed by atoms with Crippen molar-refractivity contribution in [3.8, 4) is 0 Å². The third-order valence-corrected chi connectivity index (χ3v) is 3.06. The molecule has 0 N–H and O–H groups in total. The number of carbonyl (C=O) groups is 1. The van der Waals surface area contributed by atoms with Crippen LogP contribution in [0.2, 0.25) is 0 Å². The predicted molar refractivity (Wildman–Crippen MR) is 66.1 cm³/mol. The summed E-state index contributed by atoms with van der Waals surface area (Å²) in [6.45, 7) is 4.26. The van der Waals surface area contributed by atoms with Crippen LogP contribution in [0.25, 0.3) is 0 Å². The monoisotopic (exact) mass is 222 g/mol. The van der Waals surface area contributed by atoms with Gasteiger partial charge in [0.15, 0.2) is 0 Å². The number of ether oxygens (including phenoxy) is 1. The van der Waals surface area contributed by atoms with Crippen molar-refractivity contribution in [2.75, 3.05) is 7.11 Å². The molecule has 0 bridgehead atoms. The minimum absolute atomic E-state index is 0.0559. The van der Waals surface area contributed by atoms with Gasteiger partial charge in [-0.2, -0.15) is 0 Å². The SMILES string of the molecule is COC(=O)C1CC=C(CCC=C(C)C)CC1. The number of methoxy groups -OCH3 is 1. The average molecular weight is 222 g/mol. The molecule has 0 aromatic heterocycles. The number of allylic oxidation sites excluding steroid dienone is 4. The second kappa shape index (κ2) is 6.51. The molecule has 0 fully saturated rings. The molecule has 0 aliphatic heterocycles. The summed E-state index contributed by atoms with van der Waals surface area (Å²) in [7, 11) is 1.47. The minimum atomic E-state index is -0.0559. The molecule has 0 aromatic rings. The van der Waals surface area contributed by atoms with Gasteiger partial charge in [-0.1, -0.05) is 23.3 Å². The molecule has 2 nitrogen and oxygen atoms in total. The fourth-order valence-corrected chi connectivity index (χ4v) is 2.04. The lowest BCUT2D eigenvalue weighted by Crippen LogP contribution is -2.18. The van der Waals surface area contributed by atoms with E-state index in [0.29, 0.717) is 0 Å². The first-order valence-electron chi connectivity index (χ1n) is 6.02. The molecule has 1 aliphatic carbocycles. The predicted octanol–water partition coefficient (Wildman–Crippen LogP) is 3.63. The van der Waals surface area contributed by atoms with Crippen molar-refractivity contribution in [1.29, 1.82) is 0 Å². The van der Waals surface area contributed by atoms with Gasteiger partial charge in [-0.3, -0.25) is 4.79 Å². The third-order valence-electron chi connectivity index (χ3n) is 3.06. The van der Waals surface area contributed by atoms with Crippen LogP contribution in [0.1, 0.15) is 46.0 Å². The molecule has 0 radical (unpaired) electrons. The van der Waals surface area contributed by atoms with E-state index in [0.717, 1.165) is 32.1 Å². The lowest BCUT2D eigenvalue weighted by Gasteiger charge is -2.19. The number of carbonyl (C=O) groups excluding carboxylic acids is 1. The maximum Gasteiger partial charge on any atom is 0.308 e. The van der Waals surface area contributed by atoms with Gasteiger partial charge in [0.2, 0.25) is 0 Å². The Balaban J connectivity index is 2.35. The zero-order valence-electron chi connectivity index (χ0n) is 10.6. The van der Waals surface area contributed by atoms with Gasteiger partial charge in [-0.15, -0.1) is 0 Å². The number of hydrogen-bond donors (Lipinski definition) is 0. The largest absolute Gasteiger partial charge is 0.469 e. The topological polar surface area (TPSA) is 26.3 Å². The molecular formula is C14H22O2. The first-order chi connectivity index (χ1) is 7.63. The van der Waals surface area contributed by atoms with Crippen molar-refractivity contribution in [3.63, 3.8) is 0 Å². The quantitative estimate of drug-likeness (QED) is 0.536. The molecule has 0 aromatic carbocycles. The standard InChI is InChI=1S/C14H22O2/c1-11(2)5-4-6-12-7-9-13(10-8-12)14(15)16-3/h5,7,13H,4,6,8-10H2,1-3H3. The van der Waals surface area contributed by atoms with Crippen LogP contribution < -0.4 is 0 Å². The van der Waals surface area contributed by atoms with Gasteiger partial charge < -0.3 is 4.74 Å². The van der Waals surface area contributed by atoms with E-state index in [1.165, 1.54) is 18.3 Å². The molecule has 16 heavy (non-hydrogen) atoms. The van der Waals surface area contributed by atoms with Crippen LogP contribution in [0.15, 0.2) is 23.3 Å². The van der Waals surface area contributed by atoms with Crippen LogP contribution in [-0.2, 0) is 9.53 Å². The van der Waals surface area contributed by atoms with E-state index in [9.17, 15) is 4.79 Å². The second-order valence-electron chi connectivity index (χ2n) is 4.68. The highest BCUT2D eigenvalue weighted by Gasteiger charge is 2.21. The van der Waals surface area contributed by atoms with Crippen molar-refractivity contribution in [2.24, 2.45) is 5.92 Å². The normalized spacial score (nSPS) is 19.9.